The summed E-state index contributed by atoms with van der Waals surface area (Å²) < 4.78 is 5.82. The summed E-state index contributed by atoms with van der Waals surface area (Å²) in [6.45, 7) is 9.21. The van der Waals surface area contributed by atoms with Crippen LogP contribution >= 0.6 is 0 Å². The number of hydrogen-bond acceptors (Lipinski definition) is 3. The van der Waals surface area contributed by atoms with Gasteiger partial charge in [0.05, 0.1) is 6.54 Å². The molecule has 2 atom stereocenters. The third kappa shape index (κ3) is 5.41. The summed E-state index contributed by atoms with van der Waals surface area (Å²) in [5.41, 5.74) is 6.34. The Balaban J connectivity index is 1.75. The average Bonchev–Trinajstić information content (AvgIpc) is 2.45. The number of ether oxygens (including phenoxy) is 1. The molecule has 0 spiro atoms. The molecule has 1 aliphatic rings. The molecule has 1 aromatic carbocycles. The summed E-state index contributed by atoms with van der Waals surface area (Å²) in [7, 11) is 0. The lowest BCUT2D eigenvalue weighted by Gasteiger charge is -2.34. The van der Waals surface area contributed by atoms with Crippen molar-refractivity contribution in [1.29, 1.82) is 0 Å². The average molecular weight is 286 g/mol. The number of piperidine rings is 1. The van der Waals surface area contributed by atoms with Crippen molar-refractivity contribution in [3.63, 3.8) is 0 Å². The zero-order valence-electron chi connectivity index (χ0n) is 13.1. The number of likely N-dealkylation sites (tertiary alicyclic amines) is 1. The molecule has 3 nitrogen and oxygen atoms in total. The maximum absolute atomic E-state index is 5.82. The van der Waals surface area contributed by atoms with E-state index in [9.17, 15) is 0 Å². The molecule has 0 aliphatic carbocycles. The van der Waals surface area contributed by atoms with Gasteiger partial charge in [-0.1, -0.05) is 25.7 Å². The van der Waals surface area contributed by atoms with Crippen molar-refractivity contribution in [3.8, 4) is 17.6 Å². The Morgan fingerprint density at radius 3 is 2.48 bits per heavy atom. The van der Waals surface area contributed by atoms with Crippen LogP contribution in [0.25, 0.3) is 0 Å². The first kappa shape index (κ1) is 15.9. The van der Waals surface area contributed by atoms with E-state index in [4.69, 9.17) is 10.5 Å². The van der Waals surface area contributed by atoms with Crippen molar-refractivity contribution in [2.45, 2.75) is 20.3 Å². The Morgan fingerprint density at radius 2 is 1.86 bits per heavy atom. The minimum atomic E-state index is 0.394. The third-order valence-electron chi connectivity index (χ3n) is 3.81. The summed E-state index contributed by atoms with van der Waals surface area (Å²) in [5, 5.41) is 0. The van der Waals surface area contributed by atoms with Gasteiger partial charge in [-0.2, -0.15) is 0 Å². The number of hydrogen-bond donors (Lipinski definition) is 1. The largest absolute Gasteiger partial charge is 0.492 e. The molecule has 1 aliphatic heterocycles. The maximum atomic E-state index is 5.82. The molecule has 1 fully saturated rings. The molecule has 1 aromatic rings. The van der Waals surface area contributed by atoms with E-state index in [1.165, 1.54) is 19.5 Å². The highest BCUT2D eigenvalue weighted by atomic mass is 16.5. The Hall–Kier alpha value is -1.50. The summed E-state index contributed by atoms with van der Waals surface area (Å²) >= 11 is 0. The topological polar surface area (TPSA) is 38.5 Å². The lowest BCUT2D eigenvalue weighted by molar-refractivity contribution is 0.120. The van der Waals surface area contributed by atoms with Gasteiger partial charge in [0.15, 0.2) is 0 Å². The Bertz CT molecular complexity index is 476. The van der Waals surface area contributed by atoms with Crippen LogP contribution in [0, 0.1) is 23.7 Å². The SMILES string of the molecule is CC1CC(C)CN(CCOc2ccc(C#CCN)cc2)C1. The summed E-state index contributed by atoms with van der Waals surface area (Å²) in [6, 6.07) is 7.90. The van der Waals surface area contributed by atoms with Crippen LogP contribution in [-0.4, -0.2) is 37.7 Å². The normalized spacial score (nSPS) is 22.4. The molecule has 0 aromatic heterocycles. The van der Waals surface area contributed by atoms with Crippen LogP contribution in [0.1, 0.15) is 25.8 Å². The molecule has 2 N–H and O–H groups in total. The van der Waals surface area contributed by atoms with Crippen LogP contribution in [-0.2, 0) is 0 Å². The maximum Gasteiger partial charge on any atom is 0.119 e. The lowest BCUT2D eigenvalue weighted by Crippen LogP contribution is -2.40. The quantitative estimate of drug-likeness (QED) is 0.864. The first-order valence-electron chi connectivity index (χ1n) is 7.81. The molecule has 0 amide bonds. The van der Waals surface area contributed by atoms with Gasteiger partial charge in [0.1, 0.15) is 12.4 Å². The highest BCUT2D eigenvalue weighted by Gasteiger charge is 2.21. The number of rotatable bonds is 4. The first-order valence-corrected chi connectivity index (χ1v) is 7.81. The monoisotopic (exact) mass is 286 g/mol. The fraction of sp³-hybridized carbons (Fsp3) is 0.556. The van der Waals surface area contributed by atoms with Crippen molar-refractivity contribution in [3.05, 3.63) is 29.8 Å². The second-order valence-electron chi connectivity index (χ2n) is 6.08. The van der Waals surface area contributed by atoms with E-state index in [-0.39, 0.29) is 0 Å². The van der Waals surface area contributed by atoms with Gasteiger partial charge >= 0.3 is 0 Å². The van der Waals surface area contributed by atoms with Gasteiger partial charge in [-0.15, -0.1) is 0 Å². The van der Waals surface area contributed by atoms with Gasteiger partial charge in [-0.05, 0) is 42.5 Å². The van der Waals surface area contributed by atoms with Crippen molar-refractivity contribution >= 4 is 0 Å². The molecule has 2 unspecified atom stereocenters. The van der Waals surface area contributed by atoms with Crippen molar-refractivity contribution in [1.82, 2.24) is 4.90 Å². The Labute approximate surface area is 128 Å². The van der Waals surface area contributed by atoms with Crippen LogP contribution in [0.15, 0.2) is 24.3 Å². The van der Waals surface area contributed by atoms with E-state index >= 15 is 0 Å². The summed E-state index contributed by atoms with van der Waals surface area (Å²) in [5.74, 6) is 8.37. The van der Waals surface area contributed by atoms with Crippen LogP contribution in [0.4, 0.5) is 0 Å². The van der Waals surface area contributed by atoms with E-state index in [2.05, 4.69) is 30.6 Å². The van der Waals surface area contributed by atoms with Gasteiger partial charge in [-0.3, -0.25) is 4.90 Å². The smallest absolute Gasteiger partial charge is 0.119 e. The minimum Gasteiger partial charge on any atom is -0.492 e. The summed E-state index contributed by atoms with van der Waals surface area (Å²) in [4.78, 5) is 2.51. The van der Waals surface area contributed by atoms with Crippen molar-refractivity contribution in [2.75, 3.05) is 32.8 Å². The molecule has 2 rings (SSSR count). The van der Waals surface area contributed by atoms with Crippen molar-refractivity contribution < 1.29 is 4.74 Å². The van der Waals surface area contributed by atoms with Gasteiger partial charge in [0.25, 0.3) is 0 Å². The predicted molar refractivity (Wildman–Crippen MR) is 87.3 cm³/mol. The van der Waals surface area contributed by atoms with Crippen molar-refractivity contribution in [2.24, 2.45) is 17.6 Å². The van der Waals surface area contributed by atoms with E-state index in [0.29, 0.717) is 6.54 Å². The fourth-order valence-corrected chi connectivity index (χ4v) is 3.05. The van der Waals surface area contributed by atoms with Crippen LogP contribution < -0.4 is 10.5 Å². The number of benzene rings is 1. The molecule has 0 saturated carbocycles. The van der Waals surface area contributed by atoms with Gasteiger partial charge in [-0.25, -0.2) is 0 Å². The molecule has 114 valence electrons. The molecule has 21 heavy (non-hydrogen) atoms. The molecule has 1 heterocycles. The lowest BCUT2D eigenvalue weighted by atomic mass is 9.92. The highest BCUT2D eigenvalue weighted by Crippen LogP contribution is 2.20. The predicted octanol–water partition coefficient (Wildman–Crippen LogP) is 2.35. The molecule has 3 heteroatoms. The van der Waals surface area contributed by atoms with E-state index < -0.39 is 0 Å². The molecule has 0 radical (unpaired) electrons. The second kappa shape index (κ2) is 8.07. The van der Waals surface area contributed by atoms with Crippen LogP contribution in [0.3, 0.4) is 0 Å². The minimum absolute atomic E-state index is 0.394. The second-order valence-corrected chi connectivity index (χ2v) is 6.08. The molecule has 1 saturated heterocycles. The van der Waals surface area contributed by atoms with E-state index in [1.54, 1.807) is 0 Å². The Morgan fingerprint density at radius 1 is 1.19 bits per heavy atom. The van der Waals surface area contributed by atoms with Gasteiger partial charge in [0, 0.05) is 25.2 Å². The molecular weight excluding hydrogens is 260 g/mol. The molecule has 0 bridgehead atoms. The third-order valence-corrected chi connectivity index (χ3v) is 3.81. The van der Waals surface area contributed by atoms with E-state index in [0.717, 1.165) is 36.3 Å². The standard InChI is InChI=1S/C18H26N2O/c1-15-12-16(2)14-20(13-15)10-11-21-18-7-5-17(6-8-18)4-3-9-19/h5-8,15-16H,9-14,19H2,1-2H3. The van der Waals surface area contributed by atoms with Crippen LogP contribution in [0.5, 0.6) is 5.75 Å². The molecular formula is C18H26N2O. The number of nitrogens with zero attached hydrogens (tertiary/aromatic N) is 1. The van der Waals surface area contributed by atoms with E-state index in [1.807, 2.05) is 24.3 Å². The Kier molecular flexibility index (Phi) is 6.10. The zero-order valence-corrected chi connectivity index (χ0v) is 13.1. The zero-order chi connectivity index (χ0) is 15.1. The number of nitrogens with two attached hydrogens (primary N) is 1. The van der Waals surface area contributed by atoms with Crippen LogP contribution in [0.2, 0.25) is 0 Å². The fourth-order valence-electron chi connectivity index (χ4n) is 3.05. The van der Waals surface area contributed by atoms with Gasteiger partial charge < -0.3 is 10.5 Å². The highest BCUT2D eigenvalue weighted by molar-refractivity contribution is 5.38. The first-order chi connectivity index (χ1) is 10.2. The summed E-state index contributed by atoms with van der Waals surface area (Å²) in [6.07, 6.45) is 1.35. The van der Waals surface area contributed by atoms with Gasteiger partial charge in [0.2, 0.25) is 0 Å².